The standard InChI is InChI=1S/C21H21N7O2/c1-2-3-7-15-13-19(22-14-8-5-4-6-9-14)20(28(29)30)21(23-15)24-16-10-11-17-18(12-16)26-27-25-17/h4-6,8-13H,2-3,7H2,1H3,(H2,22,23,24)(H,25,26,27). The smallest absolute Gasteiger partial charge is 0.334 e. The molecule has 152 valence electrons. The lowest BCUT2D eigenvalue weighted by Crippen LogP contribution is -2.06. The lowest BCUT2D eigenvalue weighted by molar-refractivity contribution is -0.383. The highest BCUT2D eigenvalue weighted by Crippen LogP contribution is 2.36. The van der Waals surface area contributed by atoms with Gasteiger partial charge in [-0.15, -0.1) is 0 Å². The van der Waals surface area contributed by atoms with Crippen molar-refractivity contribution in [3.05, 3.63) is 70.4 Å². The third-order valence-electron chi connectivity index (χ3n) is 4.65. The van der Waals surface area contributed by atoms with Crippen molar-refractivity contribution in [2.24, 2.45) is 0 Å². The van der Waals surface area contributed by atoms with Gasteiger partial charge in [-0.2, -0.15) is 15.4 Å². The predicted octanol–water partition coefficient (Wildman–Crippen LogP) is 5.09. The van der Waals surface area contributed by atoms with Crippen LogP contribution in [0, 0.1) is 10.1 Å². The molecule has 2 aromatic heterocycles. The molecule has 0 radical (unpaired) electrons. The van der Waals surface area contributed by atoms with Crippen LogP contribution in [-0.4, -0.2) is 25.3 Å². The average molecular weight is 403 g/mol. The molecule has 0 saturated carbocycles. The molecule has 0 fully saturated rings. The van der Waals surface area contributed by atoms with Gasteiger partial charge in [-0.1, -0.05) is 31.5 Å². The van der Waals surface area contributed by atoms with Crippen LogP contribution in [0.2, 0.25) is 0 Å². The fourth-order valence-corrected chi connectivity index (χ4v) is 3.18. The molecule has 0 aliphatic carbocycles. The molecule has 9 nitrogen and oxygen atoms in total. The van der Waals surface area contributed by atoms with Gasteiger partial charge in [0.15, 0.2) is 0 Å². The van der Waals surface area contributed by atoms with E-state index in [-0.39, 0.29) is 11.5 Å². The fourth-order valence-electron chi connectivity index (χ4n) is 3.18. The number of H-pyrrole nitrogens is 1. The Hall–Kier alpha value is -4.01. The molecule has 4 aromatic rings. The van der Waals surface area contributed by atoms with Gasteiger partial charge in [0.2, 0.25) is 5.82 Å². The minimum Gasteiger partial charge on any atom is -0.350 e. The van der Waals surface area contributed by atoms with Gasteiger partial charge in [0.25, 0.3) is 0 Å². The third-order valence-corrected chi connectivity index (χ3v) is 4.65. The number of nitrogens with zero attached hydrogens (tertiary/aromatic N) is 4. The maximum absolute atomic E-state index is 12.0. The highest BCUT2D eigenvalue weighted by molar-refractivity contribution is 5.83. The van der Waals surface area contributed by atoms with Crippen LogP contribution in [0.4, 0.5) is 28.6 Å². The summed E-state index contributed by atoms with van der Waals surface area (Å²) in [6, 6.07) is 16.5. The first-order valence-corrected chi connectivity index (χ1v) is 9.72. The number of hydrogen-bond donors (Lipinski definition) is 3. The fraction of sp³-hybridized carbons (Fsp3) is 0.190. The van der Waals surface area contributed by atoms with Crippen LogP contribution in [0.1, 0.15) is 25.5 Å². The molecule has 2 aromatic carbocycles. The highest BCUT2D eigenvalue weighted by atomic mass is 16.6. The Morgan fingerprint density at radius 3 is 2.57 bits per heavy atom. The number of para-hydroxylation sites is 1. The zero-order valence-electron chi connectivity index (χ0n) is 16.4. The Balaban J connectivity index is 1.77. The van der Waals surface area contributed by atoms with Gasteiger partial charge in [-0.25, -0.2) is 4.98 Å². The first kappa shape index (κ1) is 19.3. The van der Waals surface area contributed by atoms with E-state index in [1.165, 1.54) is 0 Å². The van der Waals surface area contributed by atoms with E-state index < -0.39 is 4.92 Å². The molecule has 3 N–H and O–H groups in total. The van der Waals surface area contributed by atoms with Crippen molar-refractivity contribution >= 4 is 39.6 Å². The van der Waals surface area contributed by atoms with E-state index in [0.29, 0.717) is 22.4 Å². The second-order valence-corrected chi connectivity index (χ2v) is 6.86. The normalized spacial score (nSPS) is 10.8. The van der Waals surface area contributed by atoms with E-state index in [1.807, 2.05) is 30.3 Å². The molecule has 0 aliphatic rings. The number of fused-ring (bicyclic) bond motifs is 1. The summed E-state index contributed by atoms with van der Waals surface area (Å²) in [6.07, 6.45) is 2.68. The monoisotopic (exact) mass is 403 g/mol. The summed E-state index contributed by atoms with van der Waals surface area (Å²) in [5.41, 5.74) is 3.86. The number of unbranched alkanes of at least 4 members (excludes halogenated alkanes) is 1. The number of aromatic amines is 1. The molecule has 9 heteroatoms. The molecular weight excluding hydrogens is 382 g/mol. The average Bonchev–Trinajstić information content (AvgIpc) is 3.20. The molecule has 0 amide bonds. The second-order valence-electron chi connectivity index (χ2n) is 6.86. The van der Waals surface area contributed by atoms with E-state index in [9.17, 15) is 10.1 Å². The quantitative estimate of drug-likeness (QED) is 0.277. The summed E-state index contributed by atoms with van der Waals surface area (Å²) >= 11 is 0. The number of rotatable bonds is 8. The number of nitro groups is 1. The summed E-state index contributed by atoms with van der Waals surface area (Å²) in [7, 11) is 0. The van der Waals surface area contributed by atoms with Crippen LogP contribution >= 0.6 is 0 Å². The Kier molecular flexibility index (Phi) is 5.51. The van der Waals surface area contributed by atoms with E-state index in [0.717, 1.165) is 30.6 Å². The number of benzene rings is 2. The zero-order chi connectivity index (χ0) is 20.9. The Morgan fingerprint density at radius 2 is 1.80 bits per heavy atom. The van der Waals surface area contributed by atoms with Crippen molar-refractivity contribution in [1.82, 2.24) is 20.4 Å². The summed E-state index contributed by atoms with van der Waals surface area (Å²) in [5.74, 6) is 0.190. The second kappa shape index (κ2) is 8.56. The van der Waals surface area contributed by atoms with Gasteiger partial charge < -0.3 is 10.6 Å². The molecule has 2 heterocycles. The van der Waals surface area contributed by atoms with Gasteiger partial charge >= 0.3 is 5.69 Å². The number of nitrogens with one attached hydrogen (secondary N) is 3. The van der Waals surface area contributed by atoms with Crippen molar-refractivity contribution in [3.63, 3.8) is 0 Å². The number of anilines is 4. The first-order valence-electron chi connectivity index (χ1n) is 9.72. The minimum atomic E-state index is -0.418. The lowest BCUT2D eigenvalue weighted by Gasteiger charge is -2.13. The minimum absolute atomic E-state index is 0.112. The van der Waals surface area contributed by atoms with E-state index >= 15 is 0 Å². The molecule has 0 unspecified atom stereocenters. The van der Waals surface area contributed by atoms with Crippen molar-refractivity contribution in [2.75, 3.05) is 10.6 Å². The lowest BCUT2D eigenvalue weighted by atomic mass is 10.1. The Morgan fingerprint density at radius 1 is 1.00 bits per heavy atom. The van der Waals surface area contributed by atoms with E-state index in [1.54, 1.807) is 24.3 Å². The topological polar surface area (TPSA) is 122 Å². The number of hydrogen-bond acceptors (Lipinski definition) is 7. The summed E-state index contributed by atoms with van der Waals surface area (Å²) in [4.78, 5) is 16.1. The van der Waals surface area contributed by atoms with Crippen molar-refractivity contribution in [1.29, 1.82) is 0 Å². The number of aromatic nitrogens is 4. The molecule has 0 atom stereocenters. The largest absolute Gasteiger partial charge is 0.350 e. The first-order chi connectivity index (χ1) is 14.6. The van der Waals surface area contributed by atoms with Gasteiger partial charge in [-0.3, -0.25) is 10.1 Å². The van der Waals surface area contributed by atoms with Crippen LogP contribution in [0.3, 0.4) is 0 Å². The molecular formula is C21H21N7O2. The molecule has 30 heavy (non-hydrogen) atoms. The Bertz CT molecular complexity index is 1170. The highest BCUT2D eigenvalue weighted by Gasteiger charge is 2.24. The van der Waals surface area contributed by atoms with Gasteiger partial charge in [0.1, 0.15) is 16.7 Å². The Labute approximate surface area is 172 Å². The molecule has 0 aliphatic heterocycles. The van der Waals surface area contributed by atoms with Gasteiger partial charge in [0, 0.05) is 17.1 Å². The van der Waals surface area contributed by atoms with Crippen LogP contribution in [0.25, 0.3) is 11.0 Å². The third kappa shape index (κ3) is 4.19. The van der Waals surface area contributed by atoms with Crippen molar-refractivity contribution < 1.29 is 4.92 Å². The maximum Gasteiger partial charge on any atom is 0.334 e. The summed E-state index contributed by atoms with van der Waals surface area (Å²) < 4.78 is 0. The predicted molar refractivity (Wildman–Crippen MR) is 116 cm³/mol. The van der Waals surface area contributed by atoms with Crippen LogP contribution in [0.5, 0.6) is 0 Å². The van der Waals surface area contributed by atoms with E-state index in [2.05, 4.69) is 38.0 Å². The van der Waals surface area contributed by atoms with Gasteiger partial charge in [0.05, 0.1) is 4.92 Å². The molecule has 0 spiro atoms. The summed E-state index contributed by atoms with van der Waals surface area (Å²) in [6.45, 7) is 2.10. The molecule has 0 bridgehead atoms. The SMILES string of the molecule is CCCCc1cc(Nc2ccccc2)c([N+](=O)[O-])c(Nc2ccc3n[nH]nc3c2)n1. The molecule has 0 saturated heterocycles. The van der Waals surface area contributed by atoms with E-state index in [4.69, 9.17) is 0 Å². The summed E-state index contributed by atoms with van der Waals surface area (Å²) in [5, 5.41) is 28.9. The van der Waals surface area contributed by atoms with Crippen LogP contribution < -0.4 is 10.6 Å². The van der Waals surface area contributed by atoms with Crippen LogP contribution in [-0.2, 0) is 6.42 Å². The number of pyridine rings is 1. The van der Waals surface area contributed by atoms with Crippen molar-refractivity contribution in [3.8, 4) is 0 Å². The van der Waals surface area contributed by atoms with Crippen molar-refractivity contribution in [2.45, 2.75) is 26.2 Å². The van der Waals surface area contributed by atoms with Crippen LogP contribution in [0.15, 0.2) is 54.6 Å². The van der Waals surface area contributed by atoms with Gasteiger partial charge in [-0.05, 0) is 49.2 Å². The maximum atomic E-state index is 12.0. The number of aryl methyl sites for hydroxylation is 1. The zero-order valence-corrected chi connectivity index (χ0v) is 16.4. The molecule has 4 rings (SSSR count).